The molecule has 3 aromatic carbocycles. The molecule has 0 N–H and O–H groups in total. The molecule has 0 aliphatic heterocycles. The fourth-order valence-corrected chi connectivity index (χ4v) is 3.45. The third-order valence-corrected chi connectivity index (χ3v) is 5.03. The molecule has 0 amide bonds. The van der Waals surface area contributed by atoms with Gasteiger partial charge in [-0.05, 0) is 47.7 Å². The second-order valence-corrected chi connectivity index (χ2v) is 7.36. The summed E-state index contributed by atoms with van der Waals surface area (Å²) in [4.78, 5) is 2.53. The Kier molecular flexibility index (Phi) is 6.88. The number of nitrogens with zero attached hydrogens (tertiary/aromatic N) is 1. The van der Waals surface area contributed by atoms with Crippen LogP contribution in [0.25, 0.3) is 0 Å². The lowest BCUT2D eigenvalue weighted by Crippen LogP contribution is -2.25. The quantitative estimate of drug-likeness (QED) is 0.439. The Morgan fingerprint density at radius 2 is 1.35 bits per heavy atom. The van der Waals surface area contributed by atoms with Gasteiger partial charge in [0.05, 0.1) is 0 Å². The molecule has 0 aromatic heterocycles. The first-order chi connectivity index (χ1) is 12.7. The number of rotatable bonds is 8. The van der Waals surface area contributed by atoms with Crippen LogP contribution in [0.2, 0.25) is 5.02 Å². The Morgan fingerprint density at radius 3 is 1.88 bits per heavy atom. The molecule has 2 heteroatoms. The van der Waals surface area contributed by atoms with E-state index in [0.717, 1.165) is 31.1 Å². The van der Waals surface area contributed by atoms with Crippen molar-refractivity contribution in [3.8, 4) is 0 Å². The van der Waals surface area contributed by atoms with Gasteiger partial charge in [-0.25, -0.2) is 0 Å². The molecule has 1 nitrogen and oxygen atoms in total. The molecular formula is C24H26ClN. The van der Waals surface area contributed by atoms with Gasteiger partial charge in [0.1, 0.15) is 0 Å². The number of hydrogen-bond donors (Lipinski definition) is 0. The van der Waals surface area contributed by atoms with Crippen LogP contribution in [0, 0.1) is 0 Å². The first kappa shape index (κ1) is 18.7. The smallest absolute Gasteiger partial charge is 0.0408 e. The molecule has 0 bridgehead atoms. The number of hydrogen-bond acceptors (Lipinski definition) is 1. The largest absolute Gasteiger partial charge is 0.295 e. The van der Waals surface area contributed by atoms with Crippen LogP contribution in [0.4, 0.5) is 0 Å². The summed E-state index contributed by atoms with van der Waals surface area (Å²) in [7, 11) is 0. The normalized spacial score (nSPS) is 12.3. The van der Waals surface area contributed by atoms with Gasteiger partial charge in [0, 0.05) is 18.1 Å². The maximum absolute atomic E-state index is 6.16. The van der Waals surface area contributed by atoms with Crippen molar-refractivity contribution >= 4 is 11.6 Å². The summed E-state index contributed by atoms with van der Waals surface area (Å²) in [5.74, 6) is 0.489. The van der Waals surface area contributed by atoms with Crippen LogP contribution in [0.1, 0.15) is 36.0 Å². The van der Waals surface area contributed by atoms with E-state index in [9.17, 15) is 0 Å². The fraction of sp³-hybridized carbons (Fsp3) is 0.250. The van der Waals surface area contributed by atoms with Crippen LogP contribution < -0.4 is 0 Å². The zero-order valence-corrected chi connectivity index (χ0v) is 16.1. The minimum atomic E-state index is 0.489. The number of halogens is 1. The van der Waals surface area contributed by atoms with Crippen molar-refractivity contribution < 1.29 is 0 Å². The highest BCUT2D eigenvalue weighted by Crippen LogP contribution is 2.23. The van der Waals surface area contributed by atoms with E-state index < -0.39 is 0 Å². The highest BCUT2D eigenvalue weighted by Gasteiger charge is 2.11. The minimum absolute atomic E-state index is 0.489. The standard InChI is InChI=1S/C24H26ClN/c1-20(23-13-8-14-24(25)17-23)15-16-26(18-21-9-4-2-5-10-21)19-22-11-6-3-7-12-22/h2-14,17,20H,15-16,18-19H2,1H3/t20-/m1/s1. The van der Waals surface area contributed by atoms with Crippen molar-refractivity contribution in [3.63, 3.8) is 0 Å². The van der Waals surface area contributed by atoms with Gasteiger partial charge in [-0.2, -0.15) is 0 Å². The van der Waals surface area contributed by atoms with E-state index in [1.165, 1.54) is 16.7 Å². The van der Waals surface area contributed by atoms with Crippen LogP contribution >= 0.6 is 11.6 Å². The Hall–Kier alpha value is -2.09. The molecule has 0 aliphatic carbocycles. The van der Waals surface area contributed by atoms with Gasteiger partial charge in [0.2, 0.25) is 0 Å². The summed E-state index contributed by atoms with van der Waals surface area (Å²) in [5, 5.41) is 0.819. The van der Waals surface area contributed by atoms with E-state index in [0.29, 0.717) is 5.92 Å². The van der Waals surface area contributed by atoms with Gasteiger partial charge in [-0.1, -0.05) is 91.3 Å². The molecule has 0 saturated heterocycles. The predicted molar refractivity (Wildman–Crippen MR) is 111 cm³/mol. The second-order valence-electron chi connectivity index (χ2n) is 6.93. The molecule has 26 heavy (non-hydrogen) atoms. The Morgan fingerprint density at radius 1 is 0.769 bits per heavy atom. The van der Waals surface area contributed by atoms with E-state index in [1.54, 1.807) is 0 Å². The third kappa shape index (κ3) is 5.72. The van der Waals surface area contributed by atoms with Gasteiger partial charge < -0.3 is 0 Å². The van der Waals surface area contributed by atoms with E-state index in [4.69, 9.17) is 11.6 Å². The zero-order chi connectivity index (χ0) is 18.2. The van der Waals surface area contributed by atoms with Gasteiger partial charge in [0.15, 0.2) is 0 Å². The Balaban J connectivity index is 1.66. The average Bonchev–Trinajstić information content (AvgIpc) is 2.67. The highest BCUT2D eigenvalue weighted by atomic mass is 35.5. The maximum Gasteiger partial charge on any atom is 0.0408 e. The van der Waals surface area contributed by atoms with Crippen LogP contribution in [-0.2, 0) is 13.1 Å². The van der Waals surface area contributed by atoms with Crippen LogP contribution in [0.5, 0.6) is 0 Å². The van der Waals surface area contributed by atoms with Gasteiger partial charge >= 0.3 is 0 Å². The van der Waals surface area contributed by atoms with Gasteiger partial charge in [-0.3, -0.25) is 4.90 Å². The van der Waals surface area contributed by atoms with Crippen LogP contribution in [0.15, 0.2) is 84.9 Å². The van der Waals surface area contributed by atoms with Gasteiger partial charge in [-0.15, -0.1) is 0 Å². The SMILES string of the molecule is C[C@H](CCN(Cc1ccccc1)Cc1ccccc1)c1cccc(Cl)c1. The van der Waals surface area contributed by atoms with Crippen molar-refractivity contribution in [1.82, 2.24) is 4.90 Å². The van der Waals surface area contributed by atoms with Gasteiger partial charge in [0.25, 0.3) is 0 Å². The molecular weight excluding hydrogens is 338 g/mol. The molecule has 0 radical (unpaired) electrons. The molecule has 3 aromatic rings. The van der Waals surface area contributed by atoms with E-state index in [1.807, 2.05) is 12.1 Å². The zero-order valence-electron chi connectivity index (χ0n) is 15.3. The lowest BCUT2D eigenvalue weighted by atomic mass is 9.97. The van der Waals surface area contributed by atoms with E-state index >= 15 is 0 Å². The molecule has 134 valence electrons. The van der Waals surface area contributed by atoms with Crippen LogP contribution in [0.3, 0.4) is 0 Å². The van der Waals surface area contributed by atoms with Crippen molar-refractivity contribution in [1.29, 1.82) is 0 Å². The molecule has 0 saturated carbocycles. The van der Waals surface area contributed by atoms with E-state index in [-0.39, 0.29) is 0 Å². The minimum Gasteiger partial charge on any atom is -0.295 e. The summed E-state index contributed by atoms with van der Waals surface area (Å²) in [6.07, 6.45) is 1.11. The first-order valence-electron chi connectivity index (χ1n) is 9.26. The summed E-state index contributed by atoms with van der Waals surface area (Å²) in [6.45, 7) is 5.28. The predicted octanol–water partition coefficient (Wildman–Crippen LogP) is 6.54. The summed E-state index contributed by atoms with van der Waals surface area (Å²) in [6, 6.07) is 29.7. The lowest BCUT2D eigenvalue weighted by molar-refractivity contribution is 0.247. The van der Waals surface area contributed by atoms with E-state index in [2.05, 4.69) is 84.6 Å². The third-order valence-electron chi connectivity index (χ3n) is 4.79. The van der Waals surface area contributed by atoms with Crippen molar-refractivity contribution in [2.24, 2.45) is 0 Å². The second kappa shape index (κ2) is 9.56. The van der Waals surface area contributed by atoms with Crippen molar-refractivity contribution in [2.45, 2.75) is 32.4 Å². The van der Waals surface area contributed by atoms with Crippen LogP contribution in [-0.4, -0.2) is 11.4 Å². The van der Waals surface area contributed by atoms with Crippen molar-refractivity contribution in [3.05, 3.63) is 107 Å². The summed E-state index contributed by atoms with van der Waals surface area (Å²) in [5.41, 5.74) is 4.04. The topological polar surface area (TPSA) is 3.24 Å². The van der Waals surface area contributed by atoms with Crippen molar-refractivity contribution in [2.75, 3.05) is 6.54 Å². The molecule has 0 heterocycles. The molecule has 3 rings (SSSR count). The Labute approximate surface area is 162 Å². The Bertz CT molecular complexity index is 744. The summed E-state index contributed by atoms with van der Waals surface area (Å²) >= 11 is 6.16. The highest BCUT2D eigenvalue weighted by molar-refractivity contribution is 6.30. The maximum atomic E-state index is 6.16. The molecule has 0 unspecified atom stereocenters. The first-order valence-corrected chi connectivity index (χ1v) is 9.64. The molecule has 1 atom stereocenters. The average molecular weight is 364 g/mol. The molecule has 0 spiro atoms. The summed E-state index contributed by atoms with van der Waals surface area (Å²) < 4.78 is 0. The molecule has 0 fully saturated rings. The lowest BCUT2D eigenvalue weighted by Gasteiger charge is -2.24. The molecule has 0 aliphatic rings. The number of benzene rings is 3. The monoisotopic (exact) mass is 363 g/mol. The fourth-order valence-electron chi connectivity index (χ4n) is 3.25.